The monoisotopic (exact) mass is 659 g/mol. The zero-order chi connectivity index (χ0) is 34.9. The number of hydrogen-bond acceptors (Lipinski definition) is 10. The van der Waals surface area contributed by atoms with E-state index in [2.05, 4.69) is 25.9 Å². The fraction of sp³-hybridized carbons (Fsp3) is 0.267. The van der Waals surface area contributed by atoms with Crippen molar-refractivity contribution in [3.8, 4) is 11.5 Å². The lowest BCUT2D eigenvalue weighted by Crippen LogP contribution is -2.45. The highest BCUT2D eigenvalue weighted by Gasteiger charge is 2.44. The van der Waals surface area contributed by atoms with Crippen molar-refractivity contribution >= 4 is 35.2 Å². The predicted molar refractivity (Wildman–Crippen MR) is 161 cm³/mol. The molecule has 0 saturated carbocycles. The molecule has 0 radical (unpaired) electrons. The molecule has 0 aliphatic carbocycles. The number of anilines is 1. The number of hydrazine groups is 1. The van der Waals surface area contributed by atoms with Crippen molar-refractivity contribution in [1.82, 2.24) is 20.7 Å². The van der Waals surface area contributed by atoms with Gasteiger partial charge in [-0.25, -0.2) is 9.78 Å². The first-order valence-electron chi connectivity index (χ1n) is 13.8. The number of nitrogens with one attached hydrogen (secondary N) is 4. The molecule has 0 fully saturated rings. The molecule has 2 aromatic carbocycles. The van der Waals surface area contributed by atoms with E-state index < -0.39 is 42.2 Å². The molecule has 6 N–H and O–H groups in total. The van der Waals surface area contributed by atoms with Crippen LogP contribution in [0.25, 0.3) is 0 Å². The van der Waals surface area contributed by atoms with Crippen molar-refractivity contribution in [1.29, 1.82) is 5.41 Å². The summed E-state index contributed by atoms with van der Waals surface area (Å²) >= 11 is 0. The van der Waals surface area contributed by atoms with Gasteiger partial charge in [0.25, 0.3) is 11.8 Å². The first-order valence-corrected chi connectivity index (χ1v) is 13.8. The Balaban J connectivity index is 1.97. The van der Waals surface area contributed by atoms with E-state index in [-0.39, 0.29) is 35.2 Å². The Kier molecular flexibility index (Phi) is 11.7. The third-order valence-corrected chi connectivity index (χ3v) is 6.11. The molecule has 3 aromatic rings. The van der Waals surface area contributed by atoms with Crippen molar-refractivity contribution in [2.75, 3.05) is 26.0 Å². The first-order chi connectivity index (χ1) is 22.1. The van der Waals surface area contributed by atoms with Crippen LogP contribution in [0.1, 0.15) is 40.3 Å². The van der Waals surface area contributed by atoms with E-state index in [0.717, 1.165) is 4.90 Å². The molecule has 250 valence electrons. The van der Waals surface area contributed by atoms with Gasteiger partial charge in [0.2, 0.25) is 0 Å². The maximum Gasteiger partial charge on any atom is 0.491 e. The van der Waals surface area contributed by atoms with Gasteiger partial charge in [-0.05, 0) is 67.9 Å². The molecule has 14 nitrogen and oxygen atoms in total. The van der Waals surface area contributed by atoms with Crippen LogP contribution in [0.4, 0.5) is 18.9 Å². The van der Waals surface area contributed by atoms with Crippen LogP contribution in [0.5, 0.6) is 11.5 Å². The molecule has 47 heavy (non-hydrogen) atoms. The van der Waals surface area contributed by atoms with E-state index in [1.54, 1.807) is 38.1 Å². The molecule has 17 heteroatoms. The van der Waals surface area contributed by atoms with E-state index >= 15 is 0 Å². The van der Waals surface area contributed by atoms with Gasteiger partial charge in [0.15, 0.2) is 11.5 Å². The van der Waals surface area contributed by atoms with Crippen molar-refractivity contribution in [2.45, 2.75) is 32.4 Å². The number of halogens is 3. The second kappa shape index (κ2) is 15.4. The molecule has 3 amide bonds. The molecule has 0 aliphatic heterocycles. The van der Waals surface area contributed by atoms with Gasteiger partial charge in [0.1, 0.15) is 17.6 Å². The summed E-state index contributed by atoms with van der Waals surface area (Å²) in [4.78, 5) is 55.2. The fourth-order valence-electron chi connectivity index (χ4n) is 3.82. The van der Waals surface area contributed by atoms with Gasteiger partial charge < -0.3 is 30.2 Å². The van der Waals surface area contributed by atoms with Gasteiger partial charge >= 0.3 is 24.3 Å². The summed E-state index contributed by atoms with van der Waals surface area (Å²) in [5.41, 5.74) is 11.8. The van der Waals surface area contributed by atoms with Crippen LogP contribution in [-0.4, -0.2) is 72.6 Å². The van der Waals surface area contributed by atoms with Crippen molar-refractivity contribution in [2.24, 2.45) is 5.73 Å². The molecular weight excluding hydrogens is 627 g/mol. The highest BCUT2D eigenvalue weighted by atomic mass is 19.4. The van der Waals surface area contributed by atoms with Gasteiger partial charge in [-0.3, -0.25) is 30.6 Å². The molecule has 1 heterocycles. The van der Waals surface area contributed by atoms with Crippen molar-refractivity contribution < 1.29 is 46.6 Å². The predicted octanol–water partition coefficient (Wildman–Crippen LogP) is 2.59. The number of amidine groups is 1. The minimum atomic E-state index is -5.40. The minimum absolute atomic E-state index is 0.0186. The lowest BCUT2D eigenvalue weighted by atomic mass is 10.0. The number of amides is 3. The van der Waals surface area contributed by atoms with E-state index in [1.807, 2.05) is 0 Å². The third kappa shape index (κ3) is 9.81. The average molecular weight is 660 g/mol. The number of aromatic nitrogens is 1. The molecule has 0 spiro atoms. The fourth-order valence-corrected chi connectivity index (χ4v) is 3.82. The topological polar surface area (TPSA) is 198 Å². The number of carbonyl (C=O) groups excluding carboxylic acids is 4. The number of aryl methyl sites for hydroxylation is 1. The molecule has 1 aromatic heterocycles. The largest absolute Gasteiger partial charge is 0.491 e. The Morgan fingerprint density at radius 1 is 1.00 bits per heavy atom. The number of benzene rings is 2. The van der Waals surface area contributed by atoms with Gasteiger partial charge in [0, 0.05) is 31.0 Å². The number of rotatable bonds is 12. The number of ether oxygens (including phenoxy) is 3. The van der Waals surface area contributed by atoms with Crippen molar-refractivity contribution in [3.05, 3.63) is 83.2 Å². The first kappa shape index (κ1) is 35.6. The number of carbonyl (C=O) groups is 4. The van der Waals surface area contributed by atoms with Gasteiger partial charge in [-0.15, -0.1) is 0 Å². The zero-order valence-electron chi connectivity index (χ0n) is 25.6. The summed E-state index contributed by atoms with van der Waals surface area (Å²) in [6, 6.07) is 13.6. The molecule has 2 atom stereocenters. The highest BCUT2D eigenvalue weighted by molar-refractivity contribution is 5.96. The SMILES string of the molecule is CCOc1cc(C(Nc2ccc(C(=N)N)cc2)C(=O)NNC(=O)c2cccc(C)n2)ccc1OC(OC(=O)C(F)(F)F)C(=O)N(C)C. The molecular formula is C30H32F3N7O7. The second-order valence-corrected chi connectivity index (χ2v) is 9.90. The van der Waals surface area contributed by atoms with Crippen LogP contribution in [0.2, 0.25) is 0 Å². The van der Waals surface area contributed by atoms with Crippen LogP contribution in [-0.2, 0) is 19.1 Å². The number of nitrogen functional groups attached to an aromatic ring is 1. The smallest absolute Gasteiger partial charge is 0.490 e. The van der Waals surface area contributed by atoms with Crippen LogP contribution in [0.15, 0.2) is 60.7 Å². The summed E-state index contributed by atoms with van der Waals surface area (Å²) in [6.45, 7) is 3.30. The normalized spacial score (nSPS) is 12.1. The number of nitrogens with two attached hydrogens (primary N) is 1. The molecule has 0 saturated heterocycles. The number of hydrogen-bond donors (Lipinski definition) is 5. The lowest BCUT2D eigenvalue weighted by Gasteiger charge is -2.24. The highest BCUT2D eigenvalue weighted by Crippen LogP contribution is 2.33. The van der Waals surface area contributed by atoms with Crippen molar-refractivity contribution in [3.63, 3.8) is 0 Å². The molecule has 2 unspecified atom stereocenters. The Hall–Kier alpha value is -5.87. The maximum absolute atomic E-state index is 13.5. The number of nitrogens with zero attached hydrogens (tertiary/aromatic N) is 2. The summed E-state index contributed by atoms with van der Waals surface area (Å²) in [6.07, 6.45) is -7.73. The molecule has 0 bridgehead atoms. The number of esters is 1. The number of likely N-dealkylation sites (N-methyl/N-ethyl adjacent to an activating group) is 1. The maximum atomic E-state index is 13.5. The Morgan fingerprint density at radius 3 is 2.26 bits per heavy atom. The van der Waals surface area contributed by atoms with E-state index in [9.17, 15) is 32.3 Å². The Bertz CT molecular complexity index is 1630. The van der Waals surface area contributed by atoms with Crippen LogP contribution < -0.4 is 31.4 Å². The quantitative estimate of drug-likeness (QED) is 0.0633. The Labute approximate surface area is 266 Å². The van der Waals surface area contributed by atoms with Gasteiger partial charge in [-0.1, -0.05) is 12.1 Å². The number of pyridine rings is 1. The summed E-state index contributed by atoms with van der Waals surface area (Å²) in [5, 5.41) is 10.6. The summed E-state index contributed by atoms with van der Waals surface area (Å²) in [5.74, 6) is -5.80. The minimum Gasteiger partial charge on any atom is -0.490 e. The standard InChI is InChI=1S/C30H32F3N7O7/c1-5-45-22-15-18(11-14-21(22)46-28(27(43)40(3)4)47-29(44)30(31,32)33)23(37-19-12-9-17(10-13-19)24(34)35)26(42)39-38-25(41)20-8-6-7-16(2)36-20/h6-15,23,28,37H,5H2,1-4H3,(H3,34,35)(H,38,41)(H,39,42). The second-order valence-electron chi connectivity index (χ2n) is 9.90. The molecule has 0 aliphatic rings. The summed E-state index contributed by atoms with van der Waals surface area (Å²) in [7, 11) is 2.44. The van der Waals surface area contributed by atoms with Crippen LogP contribution in [0.3, 0.4) is 0 Å². The van der Waals surface area contributed by atoms with E-state index in [0.29, 0.717) is 16.9 Å². The Morgan fingerprint density at radius 2 is 1.68 bits per heavy atom. The van der Waals surface area contributed by atoms with Gasteiger partial charge in [-0.2, -0.15) is 13.2 Å². The third-order valence-electron chi connectivity index (χ3n) is 6.11. The molecule has 3 rings (SSSR count). The summed E-state index contributed by atoms with van der Waals surface area (Å²) < 4.78 is 54.1. The number of alkyl halides is 3. The van der Waals surface area contributed by atoms with Crippen LogP contribution >= 0.6 is 0 Å². The zero-order valence-corrected chi connectivity index (χ0v) is 25.6. The average Bonchev–Trinajstić information content (AvgIpc) is 3.02. The van der Waals surface area contributed by atoms with E-state index in [4.69, 9.17) is 20.6 Å². The van der Waals surface area contributed by atoms with Crippen LogP contribution in [0, 0.1) is 12.3 Å². The van der Waals surface area contributed by atoms with Gasteiger partial charge in [0.05, 0.1) is 6.61 Å². The lowest BCUT2D eigenvalue weighted by molar-refractivity contribution is -0.217. The van der Waals surface area contributed by atoms with E-state index in [1.165, 1.54) is 50.5 Å².